The SMILES string of the molecule is CC1=C(c2ccccc2)S(=O)(=O)N=C1N1CCC(NC(=O)c2cccnc2)CC1. The van der Waals surface area contributed by atoms with E-state index in [9.17, 15) is 13.2 Å². The molecule has 1 aromatic heterocycles. The van der Waals surface area contributed by atoms with Crippen molar-refractivity contribution in [2.75, 3.05) is 13.1 Å². The van der Waals surface area contributed by atoms with Gasteiger partial charge in [0.15, 0.2) is 0 Å². The third kappa shape index (κ3) is 3.93. The average molecular weight is 410 g/mol. The number of benzene rings is 1. The molecule has 2 aromatic rings. The Bertz CT molecular complexity index is 1070. The number of carbonyl (C=O) groups excluding carboxylic acids is 1. The smallest absolute Gasteiger partial charge is 0.285 e. The first-order valence-electron chi connectivity index (χ1n) is 9.53. The van der Waals surface area contributed by atoms with E-state index < -0.39 is 10.0 Å². The molecule has 3 heterocycles. The van der Waals surface area contributed by atoms with Gasteiger partial charge < -0.3 is 10.2 Å². The molecule has 1 saturated heterocycles. The van der Waals surface area contributed by atoms with E-state index in [1.807, 2.05) is 30.0 Å². The predicted molar refractivity (Wildman–Crippen MR) is 112 cm³/mol. The van der Waals surface area contributed by atoms with Gasteiger partial charge in [-0.1, -0.05) is 30.3 Å². The van der Waals surface area contributed by atoms with Gasteiger partial charge in [-0.3, -0.25) is 9.78 Å². The van der Waals surface area contributed by atoms with Gasteiger partial charge in [0.1, 0.15) is 10.7 Å². The Morgan fingerprint density at radius 2 is 1.83 bits per heavy atom. The summed E-state index contributed by atoms with van der Waals surface area (Å²) in [5, 5.41) is 3.03. The average Bonchev–Trinajstić information content (AvgIpc) is 2.98. The van der Waals surface area contributed by atoms with Crippen molar-refractivity contribution in [3.63, 3.8) is 0 Å². The fourth-order valence-electron chi connectivity index (χ4n) is 3.77. The zero-order valence-corrected chi connectivity index (χ0v) is 16.9. The molecule has 7 nitrogen and oxygen atoms in total. The van der Waals surface area contributed by atoms with Crippen LogP contribution in [0.2, 0.25) is 0 Å². The second-order valence-corrected chi connectivity index (χ2v) is 8.73. The Kier molecular flexibility index (Phi) is 5.19. The van der Waals surface area contributed by atoms with Crippen molar-refractivity contribution in [1.29, 1.82) is 0 Å². The molecule has 1 amide bonds. The Hall–Kier alpha value is -3.00. The molecule has 2 aliphatic heterocycles. The van der Waals surface area contributed by atoms with Crippen LogP contribution in [0.15, 0.2) is 64.8 Å². The highest BCUT2D eigenvalue weighted by Crippen LogP contribution is 2.34. The lowest BCUT2D eigenvalue weighted by atomic mass is 10.0. The van der Waals surface area contributed by atoms with E-state index >= 15 is 0 Å². The monoisotopic (exact) mass is 410 g/mol. The summed E-state index contributed by atoms with van der Waals surface area (Å²) in [5.74, 6) is 0.376. The van der Waals surface area contributed by atoms with Crippen LogP contribution in [0.4, 0.5) is 0 Å². The van der Waals surface area contributed by atoms with Gasteiger partial charge in [0.05, 0.1) is 5.56 Å². The van der Waals surface area contributed by atoms with E-state index in [4.69, 9.17) is 0 Å². The molecule has 29 heavy (non-hydrogen) atoms. The minimum atomic E-state index is -3.71. The van der Waals surface area contributed by atoms with Crippen LogP contribution in [0.5, 0.6) is 0 Å². The summed E-state index contributed by atoms with van der Waals surface area (Å²) in [7, 11) is -3.71. The molecule has 0 atom stereocenters. The van der Waals surface area contributed by atoms with Crippen molar-refractivity contribution in [1.82, 2.24) is 15.2 Å². The summed E-state index contributed by atoms with van der Waals surface area (Å²) in [6.45, 7) is 3.07. The lowest BCUT2D eigenvalue weighted by Crippen LogP contribution is -2.46. The number of aromatic nitrogens is 1. The summed E-state index contributed by atoms with van der Waals surface area (Å²) >= 11 is 0. The second kappa shape index (κ2) is 7.79. The number of piperidine rings is 1. The van der Waals surface area contributed by atoms with Crippen LogP contribution < -0.4 is 5.32 Å². The predicted octanol–water partition coefficient (Wildman–Crippen LogP) is 2.45. The fourth-order valence-corrected chi connectivity index (χ4v) is 5.26. The number of nitrogens with zero attached hydrogens (tertiary/aromatic N) is 3. The summed E-state index contributed by atoms with van der Waals surface area (Å²) in [6.07, 6.45) is 4.62. The van der Waals surface area contributed by atoms with Crippen LogP contribution in [-0.4, -0.2) is 49.2 Å². The van der Waals surface area contributed by atoms with E-state index in [1.165, 1.54) is 0 Å². The first-order valence-corrected chi connectivity index (χ1v) is 11.0. The molecule has 8 heteroatoms. The highest BCUT2D eigenvalue weighted by Gasteiger charge is 2.34. The number of amidine groups is 1. The molecule has 2 aliphatic rings. The molecule has 150 valence electrons. The normalized spacial score (nSPS) is 19.2. The summed E-state index contributed by atoms with van der Waals surface area (Å²) < 4.78 is 29.4. The lowest BCUT2D eigenvalue weighted by Gasteiger charge is -2.33. The van der Waals surface area contributed by atoms with Crippen LogP contribution in [0, 0.1) is 0 Å². The Morgan fingerprint density at radius 3 is 2.48 bits per heavy atom. The summed E-state index contributed by atoms with van der Waals surface area (Å²) in [5.41, 5.74) is 1.86. The van der Waals surface area contributed by atoms with E-state index in [2.05, 4.69) is 14.7 Å². The standard InChI is InChI=1S/C21H22N4O3S/c1-15-19(16-6-3-2-4-7-16)29(27,28)24-20(15)25-12-9-18(10-13-25)23-21(26)17-8-5-11-22-14-17/h2-8,11,14,18H,9-10,12-13H2,1H3,(H,23,26). The van der Waals surface area contributed by atoms with Crippen LogP contribution in [0.1, 0.15) is 35.7 Å². The third-order valence-electron chi connectivity index (χ3n) is 5.23. The molecule has 4 rings (SSSR count). The zero-order chi connectivity index (χ0) is 20.4. The van der Waals surface area contributed by atoms with Crippen molar-refractivity contribution in [2.45, 2.75) is 25.8 Å². The molecule has 0 unspecified atom stereocenters. The number of pyridine rings is 1. The highest BCUT2D eigenvalue weighted by atomic mass is 32.2. The molecule has 0 bridgehead atoms. The molecule has 1 fully saturated rings. The van der Waals surface area contributed by atoms with E-state index in [-0.39, 0.29) is 16.9 Å². The third-order valence-corrected chi connectivity index (χ3v) is 6.70. The van der Waals surface area contributed by atoms with Crippen molar-refractivity contribution in [3.8, 4) is 0 Å². The van der Waals surface area contributed by atoms with Crippen LogP contribution in [0.25, 0.3) is 4.91 Å². The Labute approximate surface area is 170 Å². The van der Waals surface area contributed by atoms with Crippen molar-refractivity contribution >= 4 is 26.7 Å². The summed E-state index contributed by atoms with van der Waals surface area (Å²) in [4.78, 5) is 18.6. The van der Waals surface area contributed by atoms with E-state index in [1.54, 1.807) is 36.7 Å². The number of likely N-dealkylation sites (tertiary alicyclic amines) is 1. The Balaban J connectivity index is 1.45. The maximum atomic E-state index is 12.7. The van der Waals surface area contributed by atoms with Gasteiger partial charge >= 0.3 is 0 Å². The number of carbonyl (C=O) groups is 1. The first-order chi connectivity index (χ1) is 14.0. The maximum Gasteiger partial charge on any atom is 0.285 e. The topological polar surface area (TPSA) is 91.7 Å². The van der Waals surface area contributed by atoms with Crippen LogP contribution in [0.3, 0.4) is 0 Å². The summed E-state index contributed by atoms with van der Waals surface area (Å²) in [6, 6.07) is 12.6. The molecule has 0 aliphatic carbocycles. The van der Waals surface area contributed by atoms with Crippen LogP contribution >= 0.6 is 0 Å². The number of rotatable bonds is 3. The molecular formula is C21H22N4O3S. The highest BCUT2D eigenvalue weighted by molar-refractivity contribution is 8.00. The molecule has 0 saturated carbocycles. The van der Waals surface area contributed by atoms with Crippen molar-refractivity contribution in [3.05, 3.63) is 71.6 Å². The van der Waals surface area contributed by atoms with Gasteiger partial charge in [0.2, 0.25) is 0 Å². The van der Waals surface area contributed by atoms with Crippen molar-refractivity contribution in [2.24, 2.45) is 4.40 Å². The number of hydrogen-bond acceptors (Lipinski definition) is 5. The second-order valence-electron chi connectivity index (χ2n) is 7.19. The number of amides is 1. The fraction of sp³-hybridized carbons (Fsp3) is 0.286. The number of sulfonamides is 1. The number of nitrogens with one attached hydrogen (secondary N) is 1. The molecule has 0 radical (unpaired) electrons. The minimum absolute atomic E-state index is 0.0374. The van der Waals surface area contributed by atoms with Gasteiger partial charge in [-0.2, -0.15) is 8.42 Å². The van der Waals surface area contributed by atoms with Gasteiger partial charge in [-0.15, -0.1) is 4.40 Å². The zero-order valence-electron chi connectivity index (χ0n) is 16.1. The van der Waals surface area contributed by atoms with E-state index in [0.717, 1.165) is 12.8 Å². The van der Waals surface area contributed by atoms with Crippen LogP contribution in [-0.2, 0) is 10.0 Å². The van der Waals surface area contributed by atoms with Gasteiger partial charge in [0.25, 0.3) is 15.9 Å². The lowest BCUT2D eigenvalue weighted by molar-refractivity contribution is 0.0922. The Morgan fingerprint density at radius 1 is 1.10 bits per heavy atom. The quantitative estimate of drug-likeness (QED) is 0.839. The molecule has 0 spiro atoms. The molecule has 1 N–H and O–H groups in total. The number of hydrogen-bond donors (Lipinski definition) is 1. The maximum absolute atomic E-state index is 12.7. The van der Waals surface area contributed by atoms with Gasteiger partial charge in [-0.25, -0.2) is 0 Å². The van der Waals surface area contributed by atoms with Gasteiger partial charge in [-0.05, 0) is 37.5 Å². The van der Waals surface area contributed by atoms with Gasteiger partial charge in [0, 0.05) is 37.1 Å². The molecule has 1 aromatic carbocycles. The molecular weight excluding hydrogens is 388 g/mol. The van der Waals surface area contributed by atoms with Crippen molar-refractivity contribution < 1.29 is 13.2 Å². The first kappa shape index (κ1) is 19.3. The largest absolute Gasteiger partial charge is 0.356 e. The minimum Gasteiger partial charge on any atom is -0.356 e. The van der Waals surface area contributed by atoms with E-state index in [0.29, 0.717) is 35.6 Å².